The van der Waals surface area contributed by atoms with Gasteiger partial charge in [0.15, 0.2) is 5.03 Å². The van der Waals surface area contributed by atoms with Gasteiger partial charge in [-0.15, -0.1) is 0 Å². The molecule has 0 spiro atoms. The molecule has 1 N–H and O–H groups in total. The maximum atomic E-state index is 12.2. The molecule has 1 aromatic rings. The molecule has 94 valence electrons. The van der Waals surface area contributed by atoms with E-state index in [0.717, 1.165) is 0 Å². The van der Waals surface area contributed by atoms with Crippen LogP contribution in [0.5, 0.6) is 0 Å². The van der Waals surface area contributed by atoms with E-state index in [1.54, 1.807) is 0 Å². The Labute approximate surface area is 101 Å². The number of nitrogens with one attached hydrogen (secondary N) is 1. The van der Waals surface area contributed by atoms with Gasteiger partial charge in [0.05, 0.1) is 18.6 Å². The van der Waals surface area contributed by atoms with Crippen LogP contribution in [0.3, 0.4) is 0 Å². The number of rotatable bonds is 6. The summed E-state index contributed by atoms with van der Waals surface area (Å²) in [5, 5.41) is 8.62. The third-order valence-corrected chi connectivity index (χ3v) is 3.92. The highest BCUT2D eigenvalue weighted by atomic mass is 32.2. The van der Waals surface area contributed by atoms with Crippen LogP contribution in [-0.4, -0.2) is 35.8 Å². The van der Waals surface area contributed by atoms with E-state index in [0.29, 0.717) is 6.54 Å². The second-order valence-corrected chi connectivity index (χ2v) is 5.99. The van der Waals surface area contributed by atoms with E-state index in [2.05, 4.69) is 9.97 Å². The van der Waals surface area contributed by atoms with Crippen LogP contribution in [0.25, 0.3) is 0 Å². The Morgan fingerprint density at radius 1 is 1.59 bits per heavy atom. The topological polar surface area (TPSA) is 89.8 Å². The van der Waals surface area contributed by atoms with Gasteiger partial charge in [-0.3, -0.25) is 0 Å². The molecule has 6 nitrogen and oxygen atoms in total. The molecule has 0 radical (unpaired) electrons. The largest absolute Gasteiger partial charge is 0.335 e. The van der Waals surface area contributed by atoms with Crippen molar-refractivity contribution in [1.82, 2.24) is 14.3 Å². The van der Waals surface area contributed by atoms with E-state index >= 15 is 0 Å². The Balaban J connectivity index is 2.93. The third kappa shape index (κ3) is 3.54. The Morgan fingerprint density at radius 3 is 2.76 bits per heavy atom. The van der Waals surface area contributed by atoms with Crippen LogP contribution in [0.2, 0.25) is 0 Å². The lowest BCUT2D eigenvalue weighted by Crippen LogP contribution is -2.35. The molecule has 0 aliphatic heterocycles. The number of imidazole rings is 1. The van der Waals surface area contributed by atoms with Crippen LogP contribution in [0.4, 0.5) is 0 Å². The highest BCUT2D eigenvalue weighted by molar-refractivity contribution is 7.89. The zero-order valence-electron chi connectivity index (χ0n) is 9.92. The van der Waals surface area contributed by atoms with Crippen LogP contribution >= 0.6 is 0 Å². The number of hydrogen-bond donors (Lipinski definition) is 1. The molecule has 1 rings (SSSR count). The fourth-order valence-corrected chi connectivity index (χ4v) is 2.91. The van der Waals surface area contributed by atoms with E-state index in [4.69, 9.17) is 5.26 Å². The predicted molar refractivity (Wildman–Crippen MR) is 62.4 cm³/mol. The first-order valence-corrected chi connectivity index (χ1v) is 6.78. The van der Waals surface area contributed by atoms with Crippen molar-refractivity contribution in [3.63, 3.8) is 0 Å². The van der Waals surface area contributed by atoms with Crippen LogP contribution in [0, 0.1) is 17.2 Å². The quantitative estimate of drug-likeness (QED) is 0.821. The molecular weight excluding hydrogens is 240 g/mol. The van der Waals surface area contributed by atoms with Crippen LogP contribution in [0.1, 0.15) is 20.3 Å². The Hall–Kier alpha value is -1.39. The van der Waals surface area contributed by atoms with Crippen molar-refractivity contribution in [2.45, 2.75) is 25.3 Å². The number of aromatic nitrogens is 2. The molecule has 0 amide bonds. The van der Waals surface area contributed by atoms with E-state index in [-0.39, 0.29) is 23.9 Å². The molecule has 0 saturated heterocycles. The van der Waals surface area contributed by atoms with Crippen molar-refractivity contribution < 1.29 is 8.42 Å². The minimum absolute atomic E-state index is 0.0658. The summed E-state index contributed by atoms with van der Waals surface area (Å²) < 4.78 is 25.7. The zero-order chi connectivity index (χ0) is 12.9. The van der Waals surface area contributed by atoms with E-state index < -0.39 is 10.0 Å². The van der Waals surface area contributed by atoms with Gasteiger partial charge < -0.3 is 4.98 Å². The molecule has 0 aromatic carbocycles. The van der Waals surface area contributed by atoms with E-state index in [1.165, 1.54) is 16.8 Å². The highest BCUT2D eigenvalue weighted by Gasteiger charge is 2.25. The van der Waals surface area contributed by atoms with Crippen molar-refractivity contribution in [2.24, 2.45) is 5.92 Å². The van der Waals surface area contributed by atoms with Gasteiger partial charge in [0.2, 0.25) is 0 Å². The normalized spacial score (nSPS) is 11.9. The lowest BCUT2D eigenvalue weighted by molar-refractivity contribution is 0.371. The summed E-state index contributed by atoms with van der Waals surface area (Å²) in [5.41, 5.74) is 0. The monoisotopic (exact) mass is 256 g/mol. The molecule has 0 unspecified atom stereocenters. The fourth-order valence-electron chi connectivity index (χ4n) is 1.41. The maximum Gasteiger partial charge on any atom is 0.260 e. The van der Waals surface area contributed by atoms with Crippen molar-refractivity contribution in [2.75, 3.05) is 13.1 Å². The smallest absolute Gasteiger partial charge is 0.260 e. The van der Waals surface area contributed by atoms with Gasteiger partial charge in [-0.25, -0.2) is 13.4 Å². The van der Waals surface area contributed by atoms with Crippen molar-refractivity contribution in [1.29, 1.82) is 5.26 Å². The Bertz CT molecular complexity index is 473. The molecule has 0 saturated carbocycles. The molecule has 0 fully saturated rings. The number of aromatic amines is 1. The van der Waals surface area contributed by atoms with Gasteiger partial charge in [-0.1, -0.05) is 13.8 Å². The summed E-state index contributed by atoms with van der Waals surface area (Å²) in [4.78, 5) is 6.29. The first kappa shape index (κ1) is 13.7. The summed E-state index contributed by atoms with van der Waals surface area (Å²) in [5.74, 6) is 0.200. The molecule has 7 heteroatoms. The van der Waals surface area contributed by atoms with Crippen molar-refractivity contribution in [3.05, 3.63) is 12.5 Å². The molecule has 0 atom stereocenters. The fraction of sp³-hybridized carbons (Fsp3) is 0.600. The summed E-state index contributed by atoms with van der Waals surface area (Å²) >= 11 is 0. The van der Waals surface area contributed by atoms with Crippen LogP contribution in [0.15, 0.2) is 17.6 Å². The maximum absolute atomic E-state index is 12.2. The minimum atomic E-state index is -3.56. The molecule has 1 aromatic heterocycles. The predicted octanol–water partition coefficient (Wildman–Crippen LogP) is 0.970. The zero-order valence-corrected chi connectivity index (χ0v) is 10.7. The van der Waals surface area contributed by atoms with Crippen molar-refractivity contribution in [3.8, 4) is 6.07 Å². The second-order valence-electron chi connectivity index (χ2n) is 4.08. The lowest BCUT2D eigenvalue weighted by Gasteiger charge is -2.21. The van der Waals surface area contributed by atoms with Crippen LogP contribution < -0.4 is 0 Å². The number of hydrogen-bond acceptors (Lipinski definition) is 4. The Kier molecular flexibility index (Phi) is 4.66. The highest BCUT2D eigenvalue weighted by Crippen LogP contribution is 2.14. The van der Waals surface area contributed by atoms with Crippen LogP contribution in [-0.2, 0) is 10.0 Å². The second kappa shape index (κ2) is 5.80. The summed E-state index contributed by atoms with van der Waals surface area (Å²) in [6.45, 7) is 4.46. The minimum Gasteiger partial charge on any atom is -0.335 e. The summed E-state index contributed by atoms with van der Waals surface area (Å²) in [6, 6.07) is 1.96. The molecule has 0 bridgehead atoms. The van der Waals surface area contributed by atoms with Gasteiger partial charge >= 0.3 is 0 Å². The first-order valence-electron chi connectivity index (χ1n) is 5.34. The SMILES string of the molecule is CC(C)CN(CCC#N)S(=O)(=O)c1cnc[nH]1. The Morgan fingerprint density at radius 2 is 2.29 bits per heavy atom. The van der Waals surface area contributed by atoms with Gasteiger partial charge in [-0.05, 0) is 5.92 Å². The van der Waals surface area contributed by atoms with E-state index in [1.807, 2.05) is 19.9 Å². The van der Waals surface area contributed by atoms with Crippen molar-refractivity contribution >= 4 is 10.0 Å². The summed E-state index contributed by atoms with van der Waals surface area (Å²) in [7, 11) is -3.56. The first-order chi connectivity index (χ1) is 7.98. The molecule has 17 heavy (non-hydrogen) atoms. The van der Waals surface area contributed by atoms with Gasteiger partial charge in [0.1, 0.15) is 0 Å². The molecule has 1 heterocycles. The number of H-pyrrole nitrogens is 1. The summed E-state index contributed by atoms with van der Waals surface area (Å²) in [6.07, 6.45) is 2.78. The number of nitrogens with zero attached hydrogens (tertiary/aromatic N) is 3. The molecular formula is C10H16N4O2S. The molecule has 0 aliphatic carbocycles. The van der Waals surface area contributed by atoms with Gasteiger partial charge in [0, 0.05) is 19.5 Å². The van der Waals surface area contributed by atoms with E-state index in [9.17, 15) is 8.42 Å². The third-order valence-electron chi connectivity index (χ3n) is 2.13. The average Bonchev–Trinajstić information content (AvgIpc) is 2.77. The number of nitriles is 1. The average molecular weight is 256 g/mol. The molecule has 0 aliphatic rings. The van der Waals surface area contributed by atoms with Gasteiger partial charge in [0.25, 0.3) is 10.0 Å². The van der Waals surface area contributed by atoms with Gasteiger partial charge in [-0.2, -0.15) is 9.57 Å². The standard InChI is InChI=1S/C10H16N4O2S/c1-9(2)7-14(5-3-4-11)17(15,16)10-6-12-8-13-10/h6,8-9H,3,5,7H2,1-2H3,(H,12,13). The number of sulfonamides is 1. The lowest BCUT2D eigenvalue weighted by atomic mass is 10.2.